The van der Waals surface area contributed by atoms with Crippen LogP contribution in [0.15, 0.2) is 102 Å². The number of hydrazone groups is 1. The number of nitrogens with zero attached hydrogens (tertiary/aromatic N) is 3. The van der Waals surface area contributed by atoms with Crippen LogP contribution in [0.2, 0.25) is 0 Å². The van der Waals surface area contributed by atoms with Gasteiger partial charge in [0, 0.05) is 18.5 Å². The second-order valence-corrected chi connectivity index (χ2v) is 7.04. The molecule has 0 bridgehead atoms. The first kappa shape index (κ1) is 22.2. The second-order valence-electron chi connectivity index (χ2n) is 7.04. The lowest BCUT2D eigenvalue weighted by molar-refractivity contribution is -0.385. The highest BCUT2D eigenvalue weighted by Gasteiger charge is 2.21. The first-order valence-electron chi connectivity index (χ1n) is 10.1. The molecule has 0 spiro atoms. The fourth-order valence-corrected chi connectivity index (χ4v) is 3.20. The van der Waals surface area contributed by atoms with Gasteiger partial charge < -0.3 is 9.30 Å². The van der Waals surface area contributed by atoms with Crippen LogP contribution in [-0.4, -0.2) is 27.6 Å². The molecule has 168 valence electrons. The van der Waals surface area contributed by atoms with Gasteiger partial charge in [-0.05, 0) is 60.2 Å². The molecule has 0 aliphatic carbocycles. The molecule has 0 aliphatic heterocycles. The van der Waals surface area contributed by atoms with Crippen molar-refractivity contribution in [2.75, 3.05) is 0 Å². The molecule has 0 aliphatic rings. The number of hydrogen-bond donors (Lipinski definition) is 1. The molecule has 0 saturated heterocycles. The quantitative estimate of drug-likeness (QED) is 0.146. The third kappa shape index (κ3) is 5.05. The van der Waals surface area contributed by atoms with Gasteiger partial charge in [0.15, 0.2) is 0 Å². The molecule has 0 fully saturated rings. The number of nitro groups is 1. The van der Waals surface area contributed by atoms with Crippen LogP contribution in [-0.2, 0) is 0 Å². The smallest absolute Gasteiger partial charge is 0.350 e. The number of esters is 1. The van der Waals surface area contributed by atoms with E-state index < -0.39 is 10.9 Å². The molecular formula is C25H18N4O5. The highest BCUT2D eigenvalue weighted by atomic mass is 16.6. The van der Waals surface area contributed by atoms with Crippen LogP contribution in [0.3, 0.4) is 0 Å². The molecule has 0 radical (unpaired) electrons. The number of hydrogen-bond acceptors (Lipinski definition) is 6. The van der Waals surface area contributed by atoms with E-state index in [0.717, 1.165) is 5.69 Å². The average Bonchev–Trinajstić information content (AvgIpc) is 3.40. The van der Waals surface area contributed by atoms with Crippen molar-refractivity contribution in [2.24, 2.45) is 5.10 Å². The van der Waals surface area contributed by atoms with Gasteiger partial charge in [-0.1, -0.05) is 24.3 Å². The number of nitro benzene ring substituents is 1. The minimum absolute atomic E-state index is 0.138. The van der Waals surface area contributed by atoms with Crippen LogP contribution < -0.4 is 10.2 Å². The minimum Gasteiger partial charge on any atom is -0.423 e. The molecule has 0 saturated carbocycles. The highest BCUT2D eigenvalue weighted by molar-refractivity contribution is 5.98. The topological polar surface area (TPSA) is 116 Å². The van der Waals surface area contributed by atoms with E-state index in [2.05, 4.69) is 10.5 Å². The number of benzene rings is 3. The van der Waals surface area contributed by atoms with Gasteiger partial charge in [0.25, 0.3) is 11.6 Å². The fraction of sp³-hybridized carbons (Fsp3) is 0. The molecule has 4 rings (SSSR count). The summed E-state index contributed by atoms with van der Waals surface area (Å²) in [5, 5.41) is 15.1. The molecule has 34 heavy (non-hydrogen) atoms. The molecule has 4 aromatic rings. The zero-order valence-electron chi connectivity index (χ0n) is 17.7. The van der Waals surface area contributed by atoms with E-state index in [0.29, 0.717) is 11.1 Å². The zero-order chi connectivity index (χ0) is 23.9. The molecule has 0 atom stereocenters. The van der Waals surface area contributed by atoms with Crippen LogP contribution in [0.5, 0.6) is 5.75 Å². The summed E-state index contributed by atoms with van der Waals surface area (Å²) in [7, 11) is 0. The molecule has 1 heterocycles. The van der Waals surface area contributed by atoms with Crippen LogP contribution in [0.1, 0.15) is 26.3 Å². The summed E-state index contributed by atoms with van der Waals surface area (Å²) in [4.78, 5) is 35.4. The average molecular weight is 454 g/mol. The monoisotopic (exact) mass is 454 g/mol. The first-order valence-corrected chi connectivity index (χ1v) is 10.1. The summed E-state index contributed by atoms with van der Waals surface area (Å²) < 4.78 is 7.07. The summed E-state index contributed by atoms with van der Waals surface area (Å²) in [6, 6.07) is 22.8. The third-order valence-corrected chi connectivity index (χ3v) is 4.82. The Kier molecular flexibility index (Phi) is 6.55. The molecular weight excluding hydrogens is 436 g/mol. The lowest BCUT2D eigenvalue weighted by atomic mass is 10.1. The minimum atomic E-state index is -0.831. The maximum Gasteiger partial charge on any atom is 0.350 e. The van der Waals surface area contributed by atoms with Gasteiger partial charge in [0.05, 0.1) is 22.4 Å². The van der Waals surface area contributed by atoms with Gasteiger partial charge in [-0.25, -0.2) is 10.2 Å². The number of carbonyl (C=O) groups excluding carboxylic acids is 2. The van der Waals surface area contributed by atoms with E-state index >= 15 is 0 Å². The molecule has 1 amide bonds. The van der Waals surface area contributed by atoms with Gasteiger partial charge in [0.1, 0.15) is 11.3 Å². The Hall–Kier alpha value is -5.05. The van der Waals surface area contributed by atoms with E-state index in [1.54, 1.807) is 24.3 Å². The predicted molar refractivity (Wildman–Crippen MR) is 125 cm³/mol. The van der Waals surface area contributed by atoms with Crippen LogP contribution in [0.4, 0.5) is 5.69 Å². The van der Waals surface area contributed by atoms with E-state index in [4.69, 9.17) is 4.74 Å². The van der Waals surface area contributed by atoms with E-state index in [-0.39, 0.29) is 22.9 Å². The Bertz CT molecular complexity index is 1360. The number of para-hydroxylation sites is 2. The lowest BCUT2D eigenvalue weighted by Crippen LogP contribution is -2.19. The molecule has 1 aromatic heterocycles. The maximum absolute atomic E-state index is 12.6. The van der Waals surface area contributed by atoms with Crippen molar-refractivity contribution in [3.8, 4) is 11.4 Å². The van der Waals surface area contributed by atoms with Crippen molar-refractivity contribution in [3.05, 3.63) is 124 Å². The van der Waals surface area contributed by atoms with Gasteiger partial charge in [-0.3, -0.25) is 14.9 Å². The summed E-state index contributed by atoms with van der Waals surface area (Å²) >= 11 is 0. The lowest BCUT2D eigenvalue weighted by Gasteiger charge is -2.09. The van der Waals surface area contributed by atoms with E-state index in [9.17, 15) is 19.7 Å². The number of aromatic nitrogens is 1. The van der Waals surface area contributed by atoms with Gasteiger partial charge in [-0.2, -0.15) is 5.10 Å². The Morgan fingerprint density at radius 1 is 0.882 bits per heavy atom. The second kappa shape index (κ2) is 10.0. The van der Waals surface area contributed by atoms with Crippen molar-refractivity contribution in [3.63, 3.8) is 0 Å². The van der Waals surface area contributed by atoms with Gasteiger partial charge in [-0.15, -0.1) is 0 Å². The van der Waals surface area contributed by atoms with Gasteiger partial charge >= 0.3 is 5.97 Å². The van der Waals surface area contributed by atoms with Crippen LogP contribution in [0, 0.1) is 10.1 Å². The van der Waals surface area contributed by atoms with Crippen molar-refractivity contribution >= 4 is 23.8 Å². The van der Waals surface area contributed by atoms with E-state index in [1.807, 2.05) is 41.2 Å². The van der Waals surface area contributed by atoms with E-state index in [1.165, 1.54) is 42.6 Å². The van der Waals surface area contributed by atoms with Crippen LogP contribution in [0.25, 0.3) is 5.69 Å². The highest BCUT2D eigenvalue weighted by Crippen LogP contribution is 2.21. The molecule has 1 N–H and O–H groups in total. The number of ether oxygens (including phenoxy) is 1. The normalized spacial score (nSPS) is 10.7. The number of carbonyl (C=O) groups is 2. The molecule has 3 aromatic carbocycles. The number of rotatable bonds is 7. The zero-order valence-corrected chi connectivity index (χ0v) is 17.7. The summed E-state index contributed by atoms with van der Waals surface area (Å²) in [5.74, 6) is -0.983. The number of amides is 1. The SMILES string of the molecule is O=C(N/N=C\c1ccc(OC(=O)c2ccccc2[N+](=O)[O-])cc1)c1ccccc1-n1cccc1. The Balaban J connectivity index is 1.39. The fourth-order valence-electron chi connectivity index (χ4n) is 3.20. The van der Waals surface area contributed by atoms with Gasteiger partial charge in [0.2, 0.25) is 0 Å². The van der Waals surface area contributed by atoms with Crippen molar-refractivity contribution < 1.29 is 19.2 Å². The molecule has 9 heteroatoms. The predicted octanol–water partition coefficient (Wildman–Crippen LogP) is 4.37. The first-order chi connectivity index (χ1) is 16.5. The summed E-state index contributed by atoms with van der Waals surface area (Å²) in [6.07, 6.45) is 5.14. The summed E-state index contributed by atoms with van der Waals surface area (Å²) in [5.41, 5.74) is 3.87. The molecule has 0 unspecified atom stereocenters. The Labute approximate surface area is 194 Å². The van der Waals surface area contributed by atoms with Crippen LogP contribution >= 0.6 is 0 Å². The van der Waals surface area contributed by atoms with Crippen molar-refractivity contribution in [1.29, 1.82) is 0 Å². The number of nitrogens with one attached hydrogen (secondary N) is 1. The Morgan fingerprint density at radius 2 is 1.53 bits per heavy atom. The largest absolute Gasteiger partial charge is 0.423 e. The standard InChI is InChI=1S/C25H18N4O5/c30-24(20-7-1-3-9-22(20)28-15-5-6-16-28)27-26-17-18-11-13-19(14-12-18)34-25(31)21-8-2-4-10-23(21)29(32)33/h1-17H,(H,27,30)/b26-17-. The maximum atomic E-state index is 12.6. The van der Waals surface area contributed by atoms with Crippen molar-refractivity contribution in [1.82, 2.24) is 9.99 Å². The summed E-state index contributed by atoms with van der Waals surface area (Å²) in [6.45, 7) is 0. The van der Waals surface area contributed by atoms with Crippen molar-refractivity contribution in [2.45, 2.75) is 0 Å². The Morgan fingerprint density at radius 3 is 2.24 bits per heavy atom. The molecule has 9 nitrogen and oxygen atoms in total. The third-order valence-electron chi connectivity index (χ3n) is 4.82.